The Morgan fingerprint density at radius 2 is 1.41 bits per heavy atom. The van der Waals surface area contributed by atoms with E-state index in [4.69, 9.17) is 40.1 Å². The topological polar surface area (TPSA) is 350 Å². The van der Waals surface area contributed by atoms with Crippen molar-refractivity contribution < 1.29 is 48.1 Å². The Labute approximate surface area is 507 Å². The van der Waals surface area contributed by atoms with Crippen molar-refractivity contribution >= 4 is 115 Å². The summed E-state index contributed by atoms with van der Waals surface area (Å²) in [4.78, 5) is 135. The van der Waals surface area contributed by atoms with Gasteiger partial charge in [0.05, 0.1) is 35.5 Å². The molecule has 1 saturated heterocycles. The number of hydrogen-bond donors (Lipinski definition) is 7. The Morgan fingerprint density at radius 1 is 0.741 bits per heavy atom. The van der Waals surface area contributed by atoms with Gasteiger partial charge in [-0.1, -0.05) is 44.2 Å². The number of pyridine rings is 1. The van der Waals surface area contributed by atoms with Crippen LogP contribution in [0.25, 0.3) is 43.4 Å². The average Bonchev–Trinajstić information content (AvgIpc) is 4.21. The molecule has 3 aliphatic heterocycles. The standard InChI is InChI=1S/C54H51N15O10S6/c1-23(2)36-53-68-38(34(85-53)17-78-4)46(76)57-15-35(70)65-39(41(71)24-9-6-5-7-10-24)51-64-32(22-84-51)49-60-28(18-80-49)25-12-13-26(48-63-31(21-81-48)47-59-27(16-79-47)54(77)69-14-8-11-33(69)42(55)72)58-37(25)50-61-30(19-82-50)44(74)67-40(45(75)56-3)52-62-29(20-83-52)43(73)66-36/h5-7,9-10,12-13,18-23,27,33,36,39-41,71H,8,11,14-17H2,1-4H3,(H2,55,72)(H,56,75)(H,57,76)(H,65,70)(H,66,73)(H,67,74)/t27?,33-,36+,39?,40+,41?/m1/s1. The van der Waals surface area contributed by atoms with Crippen LogP contribution in [0.2, 0.25) is 0 Å². The van der Waals surface area contributed by atoms with Gasteiger partial charge in [-0.3, -0.25) is 33.6 Å². The lowest BCUT2D eigenvalue weighted by Crippen LogP contribution is -2.47. The molecule has 10 bridgehead atoms. The number of nitrogens with zero attached hydrogens (tertiary/aromatic N) is 9. The molecule has 3 unspecified atom stereocenters. The Balaban J connectivity index is 0.960. The molecular weight excluding hydrogens is 1210 g/mol. The van der Waals surface area contributed by atoms with Crippen molar-refractivity contribution in [1.82, 2.24) is 66.4 Å². The zero-order valence-corrected chi connectivity index (χ0v) is 50.3. The molecule has 7 aromatic heterocycles. The highest BCUT2D eigenvalue weighted by Gasteiger charge is 2.39. The molecule has 0 aliphatic carbocycles. The Kier molecular flexibility index (Phi) is 17.4. The van der Waals surface area contributed by atoms with Gasteiger partial charge in [0.15, 0.2) is 12.1 Å². The van der Waals surface area contributed by atoms with Gasteiger partial charge in [-0.25, -0.2) is 39.9 Å². The van der Waals surface area contributed by atoms with E-state index in [1.165, 1.54) is 63.8 Å². The first-order valence-electron chi connectivity index (χ1n) is 26.3. The summed E-state index contributed by atoms with van der Waals surface area (Å²) in [6.07, 6.45) is -0.146. The smallest absolute Gasteiger partial charge is 0.271 e. The fourth-order valence-electron chi connectivity index (χ4n) is 9.46. The first kappa shape index (κ1) is 58.6. The van der Waals surface area contributed by atoms with Gasteiger partial charge in [0.2, 0.25) is 23.6 Å². The lowest BCUT2D eigenvalue weighted by molar-refractivity contribution is -0.138. The van der Waals surface area contributed by atoms with Crippen LogP contribution in [-0.2, 0) is 35.3 Å². The lowest BCUT2D eigenvalue weighted by atomic mass is 10.0. The summed E-state index contributed by atoms with van der Waals surface area (Å²) in [5, 5.41) is 36.0. The number of hydrogen-bond acceptors (Lipinski definition) is 24. The summed E-state index contributed by atoms with van der Waals surface area (Å²) >= 11 is 6.96. The van der Waals surface area contributed by atoms with Crippen molar-refractivity contribution in [2.24, 2.45) is 16.6 Å². The van der Waals surface area contributed by atoms with E-state index in [1.807, 2.05) is 13.8 Å². The predicted octanol–water partition coefficient (Wildman–Crippen LogP) is 5.24. The minimum atomic E-state index is -1.35. The van der Waals surface area contributed by atoms with Gasteiger partial charge >= 0.3 is 0 Å². The largest absolute Gasteiger partial charge is 0.473 e. The van der Waals surface area contributed by atoms with E-state index in [9.17, 15) is 38.7 Å². The zero-order chi connectivity index (χ0) is 59.6. The maximum atomic E-state index is 14.2. The fraction of sp³-hybridized carbons (Fsp3) is 0.315. The van der Waals surface area contributed by atoms with Gasteiger partial charge in [-0.2, -0.15) is 0 Å². The van der Waals surface area contributed by atoms with Crippen molar-refractivity contribution in [1.29, 1.82) is 0 Å². The highest BCUT2D eigenvalue weighted by Crippen LogP contribution is 2.40. The van der Waals surface area contributed by atoms with Crippen LogP contribution in [0.5, 0.6) is 0 Å². The van der Waals surface area contributed by atoms with Crippen LogP contribution < -0.4 is 32.3 Å². The Hall–Kier alpha value is -8.17. The zero-order valence-electron chi connectivity index (χ0n) is 45.4. The third kappa shape index (κ3) is 12.4. The number of amides is 7. The summed E-state index contributed by atoms with van der Waals surface area (Å²) in [6.45, 7) is 3.56. The minimum Gasteiger partial charge on any atom is -0.473 e. The van der Waals surface area contributed by atoms with E-state index in [-0.39, 0.29) is 53.0 Å². The number of nitrogens with one attached hydrogen (secondary N) is 5. The molecule has 7 amide bonds. The highest BCUT2D eigenvalue weighted by molar-refractivity contribution is 7.15. The molecule has 0 saturated carbocycles. The molecule has 8 N–H and O–H groups in total. The highest BCUT2D eigenvalue weighted by atomic mass is 32.1. The van der Waals surface area contributed by atoms with Gasteiger partial charge in [0, 0.05) is 53.2 Å². The van der Waals surface area contributed by atoms with E-state index >= 15 is 0 Å². The second-order valence-electron chi connectivity index (χ2n) is 19.8. The predicted molar refractivity (Wildman–Crippen MR) is 318 cm³/mol. The van der Waals surface area contributed by atoms with Crippen molar-refractivity contribution in [3.05, 3.63) is 118 Å². The number of nitrogens with two attached hydrogens (primary N) is 1. The molecule has 6 atom stereocenters. The van der Waals surface area contributed by atoms with E-state index in [1.54, 1.807) is 58.6 Å². The van der Waals surface area contributed by atoms with Gasteiger partial charge in [-0.05, 0) is 36.5 Å². The molecule has 11 rings (SSSR count). The molecule has 438 valence electrons. The van der Waals surface area contributed by atoms with E-state index < -0.39 is 78.3 Å². The van der Waals surface area contributed by atoms with Crippen LogP contribution in [0.4, 0.5) is 0 Å². The Bertz CT molecular complexity index is 3910. The monoisotopic (exact) mass is 1260 g/mol. The van der Waals surface area contributed by atoms with Crippen LogP contribution in [0.15, 0.2) is 74.4 Å². The van der Waals surface area contributed by atoms with Crippen molar-refractivity contribution in [3.8, 4) is 43.4 Å². The van der Waals surface area contributed by atoms with Crippen molar-refractivity contribution in [2.75, 3.05) is 33.9 Å². The molecule has 85 heavy (non-hydrogen) atoms. The number of primary amides is 1. The molecular formula is C54H51N15O10S6. The second-order valence-corrected chi connectivity index (χ2v) is 25.2. The van der Waals surface area contributed by atoms with Crippen LogP contribution in [0.3, 0.4) is 0 Å². The maximum absolute atomic E-state index is 14.2. The van der Waals surface area contributed by atoms with E-state index in [0.29, 0.717) is 88.9 Å². The summed E-state index contributed by atoms with van der Waals surface area (Å²) in [7, 11) is 2.86. The quantitative estimate of drug-likeness (QED) is 0.0921. The van der Waals surface area contributed by atoms with Crippen LogP contribution in [-0.4, -0.2) is 138 Å². The second kappa shape index (κ2) is 25.2. The fourth-order valence-corrected chi connectivity index (χ4v) is 14.9. The minimum absolute atomic E-state index is 0.00335. The number of aliphatic imine (C=N–C) groups is 1. The number of benzene rings is 1. The number of rotatable bonds is 10. The molecule has 8 aromatic rings. The van der Waals surface area contributed by atoms with Gasteiger partial charge in [-0.15, -0.1) is 68.0 Å². The molecule has 31 heteroatoms. The first-order chi connectivity index (χ1) is 41.0. The number of aliphatic hydroxyl groups is 1. The van der Waals surface area contributed by atoms with Gasteiger partial charge in [0.25, 0.3) is 23.6 Å². The molecule has 25 nitrogen and oxygen atoms in total. The number of carbonyl (C=O) groups excluding carboxylic acids is 7. The van der Waals surface area contributed by atoms with Crippen LogP contribution >= 0.6 is 68.0 Å². The number of likely N-dealkylation sites (tertiary alicyclic amines) is 1. The van der Waals surface area contributed by atoms with E-state index in [2.05, 4.69) is 41.5 Å². The molecule has 0 spiro atoms. The molecule has 0 radical (unpaired) electrons. The number of ether oxygens (including phenoxy) is 2. The van der Waals surface area contributed by atoms with Crippen LogP contribution in [0.1, 0.15) is 114 Å². The molecule has 3 aliphatic rings. The number of thiazole rings is 6. The third-order valence-electron chi connectivity index (χ3n) is 13.8. The molecule has 1 fully saturated rings. The van der Waals surface area contributed by atoms with Crippen molar-refractivity contribution in [2.45, 2.75) is 69.6 Å². The number of methoxy groups -OCH3 is 1. The number of fused-ring (bicyclic) bond motifs is 14. The lowest BCUT2D eigenvalue weighted by Gasteiger charge is -2.23. The molecule has 10 heterocycles. The molecule has 1 aromatic carbocycles. The maximum Gasteiger partial charge on any atom is 0.271 e. The normalized spacial score (nSPS) is 19.7. The Morgan fingerprint density at radius 3 is 2.18 bits per heavy atom. The number of aromatic nitrogens is 7. The van der Waals surface area contributed by atoms with Crippen LogP contribution in [0, 0.1) is 5.92 Å². The third-order valence-corrected chi connectivity index (χ3v) is 19.3. The average molecular weight is 1260 g/mol. The summed E-state index contributed by atoms with van der Waals surface area (Å²) < 4.78 is 11.3. The SMILES string of the molecule is CNC(=O)[C@@H]1NC(=O)c2csc(n2)-c2nc(-c3nc(C4=NC(C(=O)N5CCC[C@@H]5C(N)=O)CO4)cs3)ccc2-c2csc(n2)-c2csc(n2)C(C(O)c2ccccc2)NC(=O)CNC(=O)c2nc(sc2COC)[C@H](C(C)C)NC(=O)c2csc1n2. The number of likely N-dealkylation sites (N-methyl/N-ethyl adjacent to an activating group) is 1. The first-order valence-corrected chi connectivity index (χ1v) is 31.5. The number of aliphatic hydroxyl groups excluding tert-OH is 1. The summed E-state index contributed by atoms with van der Waals surface area (Å²) in [5.74, 6) is -4.32. The van der Waals surface area contributed by atoms with Gasteiger partial charge in [0.1, 0.15) is 89.0 Å². The summed E-state index contributed by atoms with van der Waals surface area (Å²) in [5.41, 5.74) is 8.46. The van der Waals surface area contributed by atoms with Crippen molar-refractivity contribution in [3.63, 3.8) is 0 Å². The summed E-state index contributed by atoms with van der Waals surface area (Å²) in [6, 6.07) is 7.54. The van der Waals surface area contributed by atoms with E-state index in [0.717, 1.165) is 34.0 Å². The number of carbonyl (C=O) groups is 7. The van der Waals surface area contributed by atoms with Gasteiger partial charge < -0.3 is 51.8 Å².